The number of aliphatic hydroxyl groups is 1. The van der Waals surface area contributed by atoms with Crippen LogP contribution in [0.3, 0.4) is 0 Å². The summed E-state index contributed by atoms with van der Waals surface area (Å²) in [7, 11) is 0. The predicted molar refractivity (Wildman–Crippen MR) is 73.3 cm³/mol. The van der Waals surface area contributed by atoms with Crippen molar-refractivity contribution in [3.63, 3.8) is 0 Å². The lowest BCUT2D eigenvalue weighted by atomic mass is 9.96. The Hall–Kier alpha value is -0.120. The molecule has 3 nitrogen and oxygen atoms in total. The average Bonchev–Trinajstić information content (AvgIpc) is 2.59. The van der Waals surface area contributed by atoms with Crippen LogP contribution in [0.15, 0.2) is 0 Å². The molecular weight excluding hydrogens is 212 g/mol. The summed E-state index contributed by atoms with van der Waals surface area (Å²) >= 11 is 0. The Morgan fingerprint density at radius 1 is 1.41 bits per heavy atom. The highest BCUT2D eigenvalue weighted by Gasteiger charge is 2.31. The standard InChI is InChI=1S/C14H30N2O/c1-5-15-14(4,12-17)9-7-11-16-10-6-8-13(16,2)3/h15,17H,5-12H2,1-4H3. The number of aliphatic hydroxyl groups excluding tert-OH is 1. The molecule has 0 aromatic heterocycles. The normalized spacial score (nSPS) is 23.8. The number of nitrogens with one attached hydrogen (secondary N) is 1. The summed E-state index contributed by atoms with van der Waals surface area (Å²) in [6.45, 7) is 12.4. The molecule has 17 heavy (non-hydrogen) atoms. The fraction of sp³-hybridized carbons (Fsp3) is 1.00. The largest absolute Gasteiger partial charge is 0.394 e. The first-order valence-corrected chi connectivity index (χ1v) is 7.04. The van der Waals surface area contributed by atoms with Crippen LogP contribution in [-0.4, -0.2) is 47.3 Å². The minimum absolute atomic E-state index is 0.0986. The van der Waals surface area contributed by atoms with Gasteiger partial charge < -0.3 is 10.4 Å². The molecule has 1 heterocycles. The molecule has 1 saturated heterocycles. The van der Waals surface area contributed by atoms with E-state index in [1.165, 1.54) is 19.4 Å². The van der Waals surface area contributed by atoms with Crippen LogP contribution in [0.5, 0.6) is 0 Å². The van der Waals surface area contributed by atoms with Gasteiger partial charge >= 0.3 is 0 Å². The summed E-state index contributed by atoms with van der Waals surface area (Å²) in [6, 6.07) is 0. The minimum atomic E-state index is -0.0986. The van der Waals surface area contributed by atoms with E-state index < -0.39 is 0 Å². The smallest absolute Gasteiger partial charge is 0.0610 e. The molecule has 0 amide bonds. The molecule has 3 heteroatoms. The second-order valence-electron chi connectivity index (χ2n) is 6.26. The Bertz CT molecular complexity index is 230. The van der Waals surface area contributed by atoms with Gasteiger partial charge in [0.25, 0.3) is 0 Å². The van der Waals surface area contributed by atoms with Gasteiger partial charge in [-0.3, -0.25) is 4.90 Å². The second-order valence-corrected chi connectivity index (χ2v) is 6.26. The molecule has 0 radical (unpaired) electrons. The van der Waals surface area contributed by atoms with Crippen molar-refractivity contribution in [1.29, 1.82) is 0 Å². The lowest BCUT2D eigenvalue weighted by Crippen LogP contribution is -2.46. The Balaban J connectivity index is 2.31. The Kier molecular flexibility index (Phi) is 5.42. The maximum absolute atomic E-state index is 9.43. The zero-order chi connectivity index (χ0) is 12.9. The van der Waals surface area contributed by atoms with E-state index in [1.54, 1.807) is 0 Å². The molecule has 0 saturated carbocycles. The van der Waals surface area contributed by atoms with Gasteiger partial charge in [-0.1, -0.05) is 6.92 Å². The number of likely N-dealkylation sites (N-methyl/N-ethyl adjacent to an activating group) is 1. The number of rotatable bonds is 7. The number of nitrogens with zero attached hydrogens (tertiary/aromatic N) is 1. The third kappa shape index (κ3) is 4.23. The molecule has 2 N–H and O–H groups in total. The van der Waals surface area contributed by atoms with Gasteiger partial charge in [-0.05, 0) is 66.1 Å². The first-order chi connectivity index (χ1) is 7.93. The van der Waals surface area contributed by atoms with Crippen molar-refractivity contribution in [3.8, 4) is 0 Å². The summed E-state index contributed by atoms with van der Waals surface area (Å²) in [5.41, 5.74) is 0.284. The van der Waals surface area contributed by atoms with Crippen LogP contribution in [0.2, 0.25) is 0 Å². The fourth-order valence-electron chi connectivity index (χ4n) is 2.89. The molecule has 1 rings (SSSR count). The van der Waals surface area contributed by atoms with E-state index in [0.29, 0.717) is 5.54 Å². The van der Waals surface area contributed by atoms with Gasteiger partial charge in [0.1, 0.15) is 0 Å². The zero-order valence-corrected chi connectivity index (χ0v) is 12.1. The molecule has 1 atom stereocenters. The molecule has 1 unspecified atom stereocenters. The summed E-state index contributed by atoms with van der Waals surface area (Å²) < 4.78 is 0. The number of likely N-dealkylation sites (tertiary alicyclic amines) is 1. The molecular formula is C14H30N2O. The number of hydrogen-bond acceptors (Lipinski definition) is 3. The SMILES string of the molecule is CCNC(C)(CO)CCCN1CCCC1(C)C. The lowest BCUT2D eigenvalue weighted by molar-refractivity contribution is 0.140. The summed E-state index contributed by atoms with van der Waals surface area (Å²) in [5.74, 6) is 0. The third-order valence-electron chi connectivity index (χ3n) is 4.18. The van der Waals surface area contributed by atoms with Crippen molar-refractivity contribution in [3.05, 3.63) is 0 Å². The number of hydrogen-bond donors (Lipinski definition) is 2. The molecule has 0 aromatic carbocycles. The molecule has 1 fully saturated rings. The molecule has 0 aromatic rings. The maximum Gasteiger partial charge on any atom is 0.0610 e. The van der Waals surface area contributed by atoms with E-state index >= 15 is 0 Å². The van der Waals surface area contributed by atoms with Gasteiger partial charge in [0.2, 0.25) is 0 Å². The molecule has 1 aliphatic rings. The predicted octanol–water partition coefficient (Wildman–Crippen LogP) is 2.00. The first-order valence-electron chi connectivity index (χ1n) is 7.04. The van der Waals surface area contributed by atoms with E-state index in [0.717, 1.165) is 25.9 Å². The van der Waals surface area contributed by atoms with Crippen LogP contribution < -0.4 is 5.32 Å². The van der Waals surface area contributed by atoms with Crippen LogP contribution in [-0.2, 0) is 0 Å². The average molecular weight is 242 g/mol. The van der Waals surface area contributed by atoms with Crippen molar-refractivity contribution >= 4 is 0 Å². The van der Waals surface area contributed by atoms with Gasteiger partial charge in [0, 0.05) is 11.1 Å². The molecule has 0 bridgehead atoms. The Morgan fingerprint density at radius 2 is 2.12 bits per heavy atom. The third-order valence-corrected chi connectivity index (χ3v) is 4.18. The van der Waals surface area contributed by atoms with Crippen LogP contribution in [0.25, 0.3) is 0 Å². The van der Waals surface area contributed by atoms with Gasteiger partial charge in [-0.2, -0.15) is 0 Å². The molecule has 1 aliphatic heterocycles. The highest BCUT2D eigenvalue weighted by atomic mass is 16.3. The van der Waals surface area contributed by atoms with Crippen LogP contribution in [0.1, 0.15) is 53.4 Å². The van der Waals surface area contributed by atoms with Gasteiger partial charge in [0.05, 0.1) is 6.61 Å². The van der Waals surface area contributed by atoms with Crippen LogP contribution >= 0.6 is 0 Å². The second kappa shape index (κ2) is 6.17. The van der Waals surface area contributed by atoms with Crippen molar-refractivity contribution < 1.29 is 5.11 Å². The van der Waals surface area contributed by atoms with Crippen LogP contribution in [0.4, 0.5) is 0 Å². The first kappa shape index (κ1) is 14.9. The monoisotopic (exact) mass is 242 g/mol. The van der Waals surface area contributed by atoms with Crippen molar-refractivity contribution in [2.24, 2.45) is 0 Å². The highest BCUT2D eigenvalue weighted by molar-refractivity contribution is 4.89. The highest BCUT2D eigenvalue weighted by Crippen LogP contribution is 2.28. The van der Waals surface area contributed by atoms with Gasteiger partial charge in [0.15, 0.2) is 0 Å². The van der Waals surface area contributed by atoms with Crippen LogP contribution in [0, 0.1) is 0 Å². The molecule has 102 valence electrons. The Labute approximate surface area is 107 Å². The summed E-state index contributed by atoms with van der Waals surface area (Å²) in [5, 5.41) is 12.8. The van der Waals surface area contributed by atoms with E-state index in [2.05, 4.69) is 37.9 Å². The van der Waals surface area contributed by atoms with Crippen molar-refractivity contribution in [2.75, 3.05) is 26.2 Å². The zero-order valence-electron chi connectivity index (χ0n) is 12.1. The summed E-state index contributed by atoms with van der Waals surface area (Å²) in [6.07, 6.45) is 4.85. The molecule has 0 spiro atoms. The minimum Gasteiger partial charge on any atom is -0.394 e. The summed E-state index contributed by atoms with van der Waals surface area (Å²) in [4.78, 5) is 2.59. The van der Waals surface area contributed by atoms with Crippen molar-refractivity contribution in [1.82, 2.24) is 10.2 Å². The van der Waals surface area contributed by atoms with Gasteiger partial charge in [-0.25, -0.2) is 0 Å². The topological polar surface area (TPSA) is 35.5 Å². The van der Waals surface area contributed by atoms with E-state index in [1.807, 2.05) is 0 Å². The van der Waals surface area contributed by atoms with E-state index in [9.17, 15) is 5.11 Å². The lowest BCUT2D eigenvalue weighted by Gasteiger charge is -2.34. The maximum atomic E-state index is 9.43. The molecule has 0 aliphatic carbocycles. The van der Waals surface area contributed by atoms with E-state index in [-0.39, 0.29) is 12.1 Å². The van der Waals surface area contributed by atoms with Crippen molar-refractivity contribution in [2.45, 2.75) is 64.5 Å². The van der Waals surface area contributed by atoms with Gasteiger partial charge in [-0.15, -0.1) is 0 Å². The Morgan fingerprint density at radius 3 is 2.59 bits per heavy atom. The van der Waals surface area contributed by atoms with E-state index in [4.69, 9.17) is 0 Å². The quantitative estimate of drug-likeness (QED) is 0.717. The fourth-order valence-corrected chi connectivity index (χ4v) is 2.89.